The van der Waals surface area contributed by atoms with Crippen LogP contribution in [0.15, 0.2) is 24.7 Å². The van der Waals surface area contributed by atoms with Gasteiger partial charge in [-0.3, -0.25) is 14.4 Å². The normalized spacial score (nSPS) is 19.4. The highest BCUT2D eigenvalue weighted by Gasteiger charge is 2.25. The zero-order valence-corrected chi connectivity index (χ0v) is 12.7. The van der Waals surface area contributed by atoms with E-state index in [-0.39, 0.29) is 6.54 Å². The van der Waals surface area contributed by atoms with Gasteiger partial charge in [0, 0.05) is 43.8 Å². The number of hydrogen-bond donors (Lipinski definition) is 1. The molecule has 0 saturated carbocycles. The molecule has 2 aromatic heterocycles. The van der Waals surface area contributed by atoms with Crippen LogP contribution in [0.25, 0.3) is 0 Å². The molecule has 3 heterocycles. The number of imidazole rings is 1. The van der Waals surface area contributed by atoms with Crippen molar-refractivity contribution in [2.45, 2.75) is 31.8 Å². The van der Waals surface area contributed by atoms with Gasteiger partial charge in [-0.2, -0.15) is 5.10 Å². The number of rotatable bonds is 5. The second-order valence-electron chi connectivity index (χ2n) is 5.84. The van der Waals surface area contributed by atoms with E-state index in [0.717, 1.165) is 44.0 Å². The predicted octanol–water partition coefficient (Wildman–Crippen LogP) is 1.08. The van der Waals surface area contributed by atoms with Crippen molar-refractivity contribution in [3.05, 3.63) is 36.2 Å². The van der Waals surface area contributed by atoms with Crippen molar-refractivity contribution in [3.8, 4) is 0 Å². The molecule has 1 aliphatic rings. The number of nitrogens with zero attached hydrogens (tertiary/aromatic N) is 5. The maximum Gasteiger partial charge on any atom is 0.325 e. The molecule has 118 valence electrons. The Hall–Kier alpha value is -2.15. The molecule has 7 heteroatoms. The summed E-state index contributed by atoms with van der Waals surface area (Å²) in [6.07, 6.45) is 7.64. The number of aromatic nitrogens is 4. The molecule has 2 aromatic rings. The first-order chi connectivity index (χ1) is 10.6. The van der Waals surface area contributed by atoms with Gasteiger partial charge in [0.1, 0.15) is 12.4 Å². The molecule has 1 saturated heterocycles. The number of aryl methyl sites for hydroxylation is 1. The van der Waals surface area contributed by atoms with E-state index in [2.05, 4.69) is 15.0 Å². The number of carboxylic acids is 1. The molecule has 3 rings (SSSR count). The lowest BCUT2D eigenvalue weighted by atomic mass is 9.94. The van der Waals surface area contributed by atoms with E-state index in [1.54, 1.807) is 10.9 Å². The quantitative estimate of drug-likeness (QED) is 0.894. The van der Waals surface area contributed by atoms with Crippen molar-refractivity contribution in [2.24, 2.45) is 7.05 Å². The molecule has 0 amide bonds. The summed E-state index contributed by atoms with van der Waals surface area (Å²) in [4.78, 5) is 17.7. The Kier molecular flexibility index (Phi) is 4.24. The molecule has 1 atom stereocenters. The zero-order chi connectivity index (χ0) is 15.5. The van der Waals surface area contributed by atoms with Gasteiger partial charge in [-0.1, -0.05) is 0 Å². The first-order valence-electron chi connectivity index (χ1n) is 7.55. The highest BCUT2D eigenvalue weighted by atomic mass is 16.4. The maximum absolute atomic E-state index is 10.9. The van der Waals surface area contributed by atoms with Crippen LogP contribution in [0, 0.1) is 0 Å². The Balaban J connectivity index is 1.69. The van der Waals surface area contributed by atoms with Crippen LogP contribution < -0.4 is 0 Å². The van der Waals surface area contributed by atoms with E-state index in [9.17, 15) is 4.79 Å². The van der Waals surface area contributed by atoms with Gasteiger partial charge < -0.3 is 9.67 Å². The molecule has 1 fully saturated rings. The van der Waals surface area contributed by atoms with Crippen molar-refractivity contribution in [3.63, 3.8) is 0 Å². The van der Waals surface area contributed by atoms with E-state index < -0.39 is 5.97 Å². The Morgan fingerprint density at radius 1 is 1.45 bits per heavy atom. The average molecular weight is 303 g/mol. The first-order valence-corrected chi connectivity index (χ1v) is 7.55. The van der Waals surface area contributed by atoms with E-state index in [1.165, 1.54) is 0 Å². The summed E-state index contributed by atoms with van der Waals surface area (Å²) in [6, 6.07) is 1.94. The van der Waals surface area contributed by atoms with Gasteiger partial charge in [-0.05, 0) is 25.5 Å². The summed E-state index contributed by atoms with van der Waals surface area (Å²) in [5.74, 6) is 0.529. The fraction of sp³-hybridized carbons (Fsp3) is 0.533. The second-order valence-corrected chi connectivity index (χ2v) is 5.84. The number of piperidine rings is 1. The summed E-state index contributed by atoms with van der Waals surface area (Å²) in [5, 5.41) is 13.1. The fourth-order valence-corrected chi connectivity index (χ4v) is 3.14. The lowest BCUT2D eigenvalue weighted by molar-refractivity contribution is -0.137. The third-order valence-corrected chi connectivity index (χ3v) is 4.24. The largest absolute Gasteiger partial charge is 0.480 e. The standard InChI is InChI=1S/C15H21N5O2/c1-18-8-6-16-14(18)10-19-7-2-3-12(9-19)13-4-5-17-20(13)11-15(21)22/h4-6,8,12H,2-3,7,9-11H2,1H3,(H,21,22). The molecule has 0 bridgehead atoms. The predicted molar refractivity (Wildman–Crippen MR) is 80.3 cm³/mol. The van der Waals surface area contributed by atoms with Crippen LogP contribution >= 0.6 is 0 Å². The van der Waals surface area contributed by atoms with E-state index in [4.69, 9.17) is 5.11 Å². The van der Waals surface area contributed by atoms with Gasteiger partial charge >= 0.3 is 5.97 Å². The summed E-state index contributed by atoms with van der Waals surface area (Å²) >= 11 is 0. The van der Waals surface area contributed by atoms with Crippen molar-refractivity contribution < 1.29 is 9.90 Å². The first kappa shape index (κ1) is 14.8. The van der Waals surface area contributed by atoms with E-state index >= 15 is 0 Å². The Bertz CT molecular complexity index is 648. The highest BCUT2D eigenvalue weighted by molar-refractivity contribution is 5.66. The second kappa shape index (κ2) is 6.31. The number of carbonyl (C=O) groups is 1. The SMILES string of the molecule is Cn1ccnc1CN1CCCC(c2ccnn2CC(=O)O)C1. The van der Waals surface area contributed by atoms with Crippen LogP contribution in [-0.2, 0) is 24.9 Å². The topological polar surface area (TPSA) is 76.2 Å². The van der Waals surface area contributed by atoms with Gasteiger partial charge in [-0.25, -0.2) is 4.98 Å². The molecule has 1 unspecified atom stereocenters. The molecule has 1 N–H and O–H groups in total. The van der Waals surface area contributed by atoms with Crippen LogP contribution in [0.2, 0.25) is 0 Å². The number of likely N-dealkylation sites (tertiary alicyclic amines) is 1. The van der Waals surface area contributed by atoms with Gasteiger partial charge in [0.25, 0.3) is 0 Å². The van der Waals surface area contributed by atoms with Crippen LogP contribution in [-0.4, -0.2) is 48.4 Å². The maximum atomic E-state index is 10.9. The minimum atomic E-state index is -0.856. The van der Waals surface area contributed by atoms with Crippen LogP contribution in [0.3, 0.4) is 0 Å². The third-order valence-electron chi connectivity index (χ3n) is 4.24. The molecule has 7 nitrogen and oxygen atoms in total. The smallest absolute Gasteiger partial charge is 0.325 e. The Labute approximate surface area is 129 Å². The molecule has 0 aromatic carbocycles. The van der Waals surface area contributed by atoms with Crippen molar-refractivity contribution in [2.75, 3.05) is 13.1 Å². The van der Waals surface area contributed by atoms with Gasteiger partial charge in [0.15, 0.2) is 0 Å². The molecule has 0 aliphatic carbocycles. The highest BCUT2D eigenvalue weighted by Crippen LogP contribution is 2.27. The average Bonchev–Trinajstić information content (AvgIpc) is 3.09. The van der Waals surface area contributed by atoms with Crippen LogP contribution in [0.4, 0.5) is 0 Å². The summed E-state index contributed by atoms with van der Waals surface area (Å²) < 4.78 is 3.65. The molecule has 0 radical (unpaired) electrons. The summed E-state index contributed by atoms with van der Waals surface area (Å²) in [5.41, 5.74) is 1.02. The van der Waals surface area contributed by atoms with Gasteiger partial charge in [0.2, 0.25) is 0 Å². The summed E-state index contributed by atoms with van der Waals surface area (Å²) in [6.45, 7) is 2.72. The van der Waals surface area contributed by atoms with Crippen LogP contribution in [0.1, 0.15) is 30.3 Å². The minimum absolute atomic E-state index is 0.0712. The van der Waals surface area contributed by atoms with Crippen molar-refractivity contribution >= 4 is 5.97 Å². The summed E-state index contributed by atoms with van der Waals surface area (Å²) in [7, 11) is 2.01. The number of hydrogen-bond acceptors (Lipinski definition) is 4. The molecular formula is C15H21N5O2. The van der Waals surface area contributed by atoms with Crippen molar-refractivity contribution in [1.29, 1.82) is 0 Å². The Morgan fingerprint density at radius 3 is 3.05 bits per heavy atom. The molecular weight excluding hydrogens is 282 g/mol. The third kappa shape index (κ3) is 3.19. The van der Waals surface area contributed by atoms with Crippen molar-refractivity contribution in [1.82, 2.24) is 24.2 Å². The van der Waals surface area contributed by atoms with E-state index in [1.807, 2.05) is 30.1 Å². The van der Waals surface area contributed by atoms with Gasteiger partial charge in [0.05, 0.1) is 6.54 Å². The Morgan fingerprint density at radius 2 is 2.32 bits per heavy atom. The number of aliphatic carboxylic acids is 1. The van der Waals surface area contributed by atoms with E-state index in [0.29, 0.717) is 5.92 Å². The molecule has 1 aliphatic heterocycles. The van der Waals surface area contributed by atoms with Crippen LogP contribution in [0.5, 0.6) is 0 Å². The van der Waals surface area contributed by atoms with Gasteiger partial charge in [-0.15, -0.1) is 0 Å². The molecule has 0 spiro atoms. The number of carboxylic acid groups (broad SMARTS) is 1. The lowest BCUT2D eigenvalue weighted by Gasteiger charge is -2.32. The molecule has 22 heavy (non-hydrogen) atoms. The lowest BCUT2D eigenvalue weighted by Crippen LogP contribution is -2.35. The monoisotopic (exact) mass is 303 g/mol. The fourth-order valence-electron chi connectivity index (χ4n) is 3.14. The zero-order valence-electron chi connectivity index (χ0n) is 12.7. The minimum Gasteiger partial charge on any atom is -0.480 e.